The molecule has 2 aromatic rings. The number of hydrogen-bond donors (Lipinski definition) is 1. The van der Waals surface area contributed by atoms with Gasteiger partial charge in [0.2, 0.25) is 0 Å². The Morgan fingerprint density at radius 2 is 1.91 bits per heavy atom. The zero-order chi connectivity index (χ0) is 23.3. The first-order valence-electron chi connectivity index (χ1n) is 10.7. The monoisotopic (exact) mass is 453 g/mol. The number of rotatable bonds is 9. The van der Waals surface area contributed by atoms with E-state index in [1.54, 1.807) is 24.3 Å². The second-order valence-electron chi connectivity index (χ2n) is 7.56. The van der Waals surface area contributed by atoms with Gasteiger partial charge in [0.15, 0.2) is 16.6 Å². The summed E-state index contributed by atoms with van der Waals surface area (Å²) in [6.45, 7) is 6.90. The molecule has 3 rings (SSSR count). The highest BCUT2D eigenvalue weighted by atomic mass is 32.1. The average molecular weight is 454 g/mol. The Morgan fingerprint density at radius 3 is 2.53 bits per heavy atom. The van der Waals surface area contributed by atoms with E-state index in [0.717, 1.165) is 18.5 Å². The smallest absolute Gasteiger partial charge is 0.311 e. The van der Waals surface area contributed by atoms with Crippen LogP contribution in [0.25, 0.3) is 0 Å². The summed E-state index contributed by atoms with van der Waals surface area (Å²) in [7, 11) is 0. The number of thiocarbonyl (C=S) groups is 1. The average Bonchev–Trinajstić information content (AvgIpc) is 2.80. The number of allylic oxidation sites excluding steroid dienone is 1. The molecule has 32 heavy (non-hydrogen) atoms. The van der Waals surface area contributed by atoms with E-state index in [-0.39, 0.29) is 17.2 Å². The summed E-state index contributed by atoms with van der Waals surface area (Å²) in [6.07, 6.45) is 1.59. The van der Waals surface area contributed by atoms with E-state index in [1.165, 1.54) is 6.07 Å². The first-order valence-corrected chi connectivity index (χ1v) is 11.1. The Balaban J connectivity index is 2.12. The maximum absolute atomic E-state index is 13.6. The van der Waals surface area contributed by atoms with Gasteiger partial charge in [0.05, 0.1) is 17.6 Å². The van der Waals surface area contributed by atoms with E-state index >= 15 is 0 Å². The van der Waals surface area contributed by atoms with Gasteiger partial charge in [-0.15, -0.1) is 0 Å². The second-order valence-corrected chi connectivity index (χ2v) is 7.95. The number of nitrogens with one attached hydrogen (secondary N) is 1. The Bertz CT molecular complexity index is 1050. The van der Waals surface area contributed by atoms with Gasteiger partial charge in [0.1, 0.15) is 0 Å². The van der Waals surface area contributed by atoms with Crippen LogP contribution in [-0.2, 0) is 0 Å². The number of ether oxygens (including phenoxy) is 1. The van der Waals surface area contributed by atoms with Crippen molar-refractivity contribution in [2.24, 2.45) is 0 Å². The normalized spacial score (nSPS) is 16.0. The zero-order valence-corrected chi connectivity index (χ0v) is 19.3. The number of carbonyl (C=O) groups excluding carboxylic acids is 1. The summed E-state index contributed by atoms with van der Waals surface area (Å²) < 4.78 is 5.55. The molecule has 2 aromatic carbocycles. The van der Waals surface area contributed by atoms with Crippen LogP contribution < -0.4 is 10.1 Å². The standard InChI is InChI=1S/C24H27N3O4S/c1-4-13-26-16(3)21(23(28)17-9-7-6-8-10-17)22(25-24(26)32)18-11-12-20(31-14-5-2)19(15-18)27(29)30/h6-12,15,22H,4-5,13-14H2,1-3H3,(H,25,32). The molecule has 0 spiro atoms. The van der Waals surface area contributed by atoms with Crippen LogP contribution in [-0.4, -0.2) is 33.9 Å². The number of nitro benzene ring substituents is 1. The van der Waals surface area contributed by atoms with Crippen molar-refractivity contribution in [3.63, 3.8) is 0 Å². The molecule has 7 nitrogen and oxygen atoms in total. The SMILES string of the molecule is CCCOc1ccc(C2NC(=S)N(CCC)C(C)=C2C(=O)c2ccccc2)cc1[N+](=O)[O-]. The van der Waals surface area contributed by atoms with Crippen LogP contribution in [0.4, 0.5) is 5.69 Å². The summed E-state index contributed by atoms with van der Waals surface area (Å²) in [6, 6.07) is 13.2. The third-order valence-corrected chi connectivity index (χ3v) is 5.64. The molecular weight excluding hydrogens is 426 g/mol. The molecule has 0 aromatic heterocycles. The van der Waals surface area contributed by atoms with Crippen LogP contribution in [0.1, 0.15) is 55.6 Å². The van der Waals surface area contributed by atoms with Crippen LogP contribution in [0.5, 0.6) is 5.75 Å². The fourth-order valence-electron chi connectivity index (χ4n) is 3.75. The molecule has 0 aliphatic carbocycles. The number of hydrogen-bond acceptors (Lipinski definition) is 5. The summed E-state index contributed by atoms with van der Waals surface area (Å²) in [4.78, 5) is 26.7. The molecule has 1 aliphatic rings. The third kappa shape index (κ3) is 4.80. The van der Waals surface area contributed by atoms with Crippen molar-refractivity contribution in [2.45, 2.75) is 39.7 Å². The van der Waals surface area contributed by atoms with E-state index in [9.17, 15) is 14.9 Å². The first kappa shape index (κ1) is 23.4. The van der Waals surface area contributed by atoms with Crippen LogP contribution in [0.2, 0.25) is 0 Å². The molecule has 0 radical (unpaired) electrons. The zero-order valence-electron chi connectivity index (χ0n) is 18.5. The van der Waals surface area contributed by atoms with Crippen molar-refractivity contribution in [1.82, 2.24) is 10.2 Å². The molecule has 0 amide bonds. The predicted octanol–water partition coefficient (Wildman–Crippen LogP) is 5.18. The van der Waals surface area contributed by atoms with Gasteiger partial charge in [-0.05, 0) is 43.6 Å². The van der Waals surface area contributed by atoms with Crippen molar-refractivity contribution >= 4 is 28.8 Å². The molecule has 168 valence electrons. The lowest BCUT2D eigenvalue weighted by molar-refractivity contribution is -0.385. The lowest BCUT2D eigenvalue weighted by atomic mass is 9.89. The third-order valence-electron chi connectivity index (χ3n) is 5.30. The molecular formula is C24H27N3O4S. The maximum Gasteiger partial charge on any atom is 0.311 e. The maximum atomic E-state index is 13.6. The molecule has 0 fully saturated rings. The van der Waals surface area contributed by atoms with Gasteiger partial charge in [0.25, 0.3) is 0 Å². The highest BCUT2D eigenvalue weighted by Gasteiger charge is 2.35. The number of nitro groups is 1. The number of benzene rings is 2. The number of Topliss-reactive ketones (excluding diaryl/α,β-unsaturated/α-hetero) is 1. The number of ketones is 1. The molecule has 1 heterocycles. The fourth-order valence-corrected chi connectivity index (χ4v) is 4.10. The predicted molar refractivity (Wildman–Crippen MR) is 128 cm³/mol. The van der Waals surface area contributed by atoms with Gasteiger partial charge >= 0.3 is 5.69 Å². The number of carbonyl (C=O) groups is 1. The van der Waals surface area contributed by atoms with Gasteiger partial charge in [-0.1, -0.05) is 50.2 Å². The lowest BCUT2D eigenvalue weighted by Crippen LogP contribution is -2.47. The van der Waals surface area contributed by atoms with Crippen molar-refractivity contribution < 1.29 is 14.5 Å². The molecule has 8 heteroatoms. The molecule has 1 aliphatic heterocycles. The van der Waals surface area contributed by atoms with Gasteiger partial charge in [-0.2, -0.15) is 0 Å². The summed E-state index contributed by atoms with van der Waals surface area (Å²) in [5, 5.41) is 15.5. The van der Waals surface area contributed by atoms with Gasteiger partial charge in [-0.3, -0.25) is 14.9 Å². The molecule has 1 N–H and O–H groups in total. The molecule has 0 saturated heterocycles. The fraction of sp³-hybridized carbons (Fsp3) is 0.333. The van der Waals surface area contributed by atoms with Gasteiger partial charge < -0.3 is 15.0 Å². The molecule has 0 bridgehead atoms. The Kier molecular flexibility index (Phi) is 7.58. The van der Waals surface area contributed by atoms with E-state index < -0.39 is 11.0 Å². The largest absolute Gasteiger partial charge is 0.487 e. The molecule has 0 saturated carbocycles. The Labute approximate surface area is 193 Å². The summed E-state index contributed by atoms with van der Waals surface area (Å²) in [5.74, 6) is 0.0707. The van der Waals surface area contributed by atoms with E-state index in [4.69, 9.17) is 17.0 Å². The van der Waals surface area contributed by atoms with Crippen molar-refractivity contribution in [1.29, 1.82) is 0 Å². The van der Waals surface area contributed by atoms with Crippen molar-refractivity contribution in [3.05, 3.63) is 81.0 Å². The van der Waals surface area contributed by atoms with E-state index in [1.807, 2.05) is 43.9 Å². The molecule has 1 atom stereocenters. The second kappa shape index (κ2) is 10.4. The van der Waals surface area contributed by atoms with E-state index in [0.29, 0.717) is 35.0 Å². The van der Waals surface area contributed by atoms with Crippen LogP contribution in [0.3, 0.4) is 0 Å². The van der Waals surface area contributed by atoms with Crippen molar-refractivity contribution in [2.75, 3.05) is 13.2 Å². The highest BCUT2D eigenvalue weighted by molar-refractivity contribution is 7.80. The lowest BCUT2D eigenvalue weighted by Gasteiger charge is -2.38. The number of nitrogens with zero attached hydrogens (tertiary/aromatic N) is 2. The van der Waals surface area contributed by atoms with Crippen LogP contribution in [0.15, 0.2) is 59.8 Å². The Morgan fingerprint density at radius 1 is 1.19 bits per heavy atom. The summed E-state index contributed by atoms with van der Waals surface area (Å²) in [5.41, 5.74) is 2.27. The highest BCUT2D eigenvalue weighted by Crippen LogP contribution is 2.37. The quantitative estimate of drug-likeness (QED) is 0.242. The van der Waals surface area contributed by atoms with Crippen LogP contribution >= 0.6 is 12.2 Å². The molecule has 1 unspecified atom stereocenters. The minimum absolute atomic E-state index is 0.135. The topological polar surface area (TPSA) is 84.7 Å². The minimum atomic E-state index is -0.609. The first-order chi connectivity index (χ1) is 15.4. The summed E-state index contributed by atoms with van der Waals surface area (Å²) >= 11 is 5.58. The Hall–Kier alpha value is -3.26. The minimum Gasteiger partial charge on any atom is -0.487 e. The van der Waals surface area contributed by atoms with Crippen LogP contribution in [0, 0.1) is 10.1 Å². The van der Waals surface area contributed by atoms with Gasteiger partial charge in [0, 0.05) is 29.4 Å². The van der Waals surface area contributed by atoms with Crippen molar-refractivity contribution in [3.8, 4) is 5.75 Å². The van der Waals surface area contributed by atoms with E-state index in [2.05, 4.69) is 5.32 Å². The van der Waals surface area contributed by atoms with Gasteiger partial charge in [-0.25, -0.2) is 0 Å².